The van der Waals surface area contributed by atoms with Gasteiger partial charge in [0.2, 0.25) is 0 Å². The molecule has 1 heterocycles. The largest absolute Gasteiger partial charge is 1.00 e. The minimum atomic E-state index is -5.61. The van der Waals surface area contributed by atoms with Crippen molar-refractivity contribution in [1.82, 2.24) is 0 Å². The summed E-state index contributed by atoms with van der Waals surface area (Å²) in [5, 5.41) is 0. The van der Waals surface area contributed by atoms with E-state index in [1.165, 1.54) is 0 Å². The first kappa shape index (κ1) is 30.4. The molecule has 0 radical (unpaired) electrons. The Morgan fingerprint density at radius 1 is 0.714 bits per heavy atom. The maximum Gasteiger partial charge on any atom is 1.00 e. The fourth-order valence-electron chi connectivity index (χ4n) is 0.227. The van der Waals surface area contributed by atoms with Crippen LogP contribution in [0.25, 0.3) is 0 Å². The summed E-state index contributed by atoms with van der Waals surface area (Å²) in [5.74, 6) is 0. The molecule has 10 heteroatoms. The van der Waals surface area contributed by atoms with Crippen molar-refractivity contribution in [2.45, 2.75) is 0 Å². The van der Waals surface area contributed by atoms with Crippen LogP contribution in [0.1, 0.15) is 0 Å². The van der Waals surface area contributed by atoms with E-state index in [0.29, 0.717) is 0 Å². The molecule has 0 aromatic carbocycles. The average molecular weight is 252 g/mol. The molecule has 0 saturated heterocycles. The Labute approximate surface area is 172 Å². The number of rotatable bonds is 0. The van der Waals surface area contributed by atoms with Crippen molar-refractivity contribution in [3.63, 3.8) is 0 Å². The first-order valence-electron chi connectivity index (χ1n) is 2.29. The molecule has 14 heavy (non-hydrogen) atoms. The zero-order chi connectivity index (χ0) is 8.04. The van der Waals surface area contributed by atoms with Crippen molar-refractivity contribution in [1.29, 1.82) is 0 Å². The van der Waals surface area contributed by atoms with Crippen LogP contribution in [0.3, 0.4) is 0 Å². The summed E-state index contributed by atoms with van der Waals surface area (Å²) in [7, 11) is -5.61. The SMILES string of the molecule is [Na+].[Na+].[Na+].[Na+].[O-][Si]([O-])([O-])[O-].c1ccoc1. The molecule has 0 bridgehead atoms. The topological polar surface area (TPSA) is 105 Å². The van der Waals surface area contributed by atoms with Gasteiger partial charge in [-0.1, -0.05) is 0 Å². The van der Waals surface area contributed by atoms with Crippen LogP contribution in [0, 0.1) is 0 Å². The van der Waals surface area contributed by atoms with E-state index >= 15 is 0 Å². The molecule has 0 N–H and O–H groups in total. The van der Waals surface area contributed by atoms with Crippen LogP contribution in [0.4, 0.5) is 0 Å². The van der Waals surface area contributed by atoms with Gasteiger partial charge in [-0.3, -0.25) is 0 Å². The standard InChI is InChI=1S/C4H4O.4Na.O4Si/c1-2-4-5-3-1;;;;;1-5(2,3)4/h1-4H;;;;;/q;4*+1;-4. The van der Waals surface area contributed by atoms with Gasteiger partial charge < -0.3 is 32.6 Å². The maximum atomic E-state index is 8.58. The van der Waals surface area contributed by atoms with Gasteiger partial charge in [-0.15, -0.1) is 0 Å². The fraction of sp³-hybridized carbons (Fsp3) is 0. The van der Waals surface area contributed by atoms with Gasteiger partial charge in [0.05, 0.1) is 12.5 Å². The molecule has 1 rings (SSSR count). The monoisotopic (exact) mass is 252 g/mol. The van der Waals surface area contributed by atoms with E-state index in [9.17, 15) is 0 Å². The van der Waals surface area contributed by atoms with Crippen molar-refractivity contribution in [3.8, 4) is 0 Å². The Balaban J connectivity index is -0.0000000300. The summed E-state index contributed by atoms with van der Waals surface area (Å²) in [6.07, 6.45) is 3.25. The maximum absolute atomic E-state index is 8.58. The summed E-state index contributed by atoms with van der Waals surface area (Å²) in [4.78, 5) is 34.3. The quantitative estimate of drug-likeness (QED) is 0.426. The molecule has 0 unspecified atom stereocenters. The third kappa shape index (κ3) is 45.4. The fourth-order valence-corrected chi connectivity index (χ4v) is 0.227. The third-order valence-corrected chi connectivity index (χ3v) is 0.425. The molecule has 0 spiro atoms. The van der Waals surface area contributed by atoms with Gasteiger partial charge in [-0.25, -0.2) is 0 Å². The second-order valence-corrected chi connectivity index (χ2v) is 2.29. The van der Waals surface area contributed by atoms with Crippen LogP contribution < -0.4 is 137 Å². The zero-order valence-corrected chi connectivity index (χ0v) is 17.9. The first-order valence-corrected chi connectivity index (χ1v) is 3.92. The van der Waals surface area contributed by atoms with E-state index in [1.54, 1.807) is 12.5 Å². The van der Waals surface area contributed by atoms with Crippen molar-refractivity contribution >= 4 is 9.05 Å². The van der Waals surface area contributed by atoms with Crippen molar-refractivity contribution in [2.75, 3.05) is 0 Å². The van der Waals surface area contributed by atoms with Crippen LogP contribution in [-0.2, 0) is 0 Å². The molecule has 1 aromatic heterocycles. The number of hydrogen-bond acceptors (Lipinski definition) is 5. The summed E-state index contributed by atoms with van der Waals surface area (Å²) in [6, 6.07) is 3.67. The molecule has 0 aliphatic carbocycles. The Morgan fingerprint density at radius 3 is 1.00 bits per heavy atom. The molecule has 0 amide bonds. The predicted molar refractivity (Wildman–Crippen MR) is 24.5 cm³/mol. The van der Waals surface area contributed by atoms with E-state index in [0.717, 1.165) is 0 Å². The van der Waals surface area contributed by atoms with Crippen molar-refractivity contribution in [3.05, 3.63) is 24.7 Å². The van der Waals surface area contributed by atoms with Gasteiger partial charge in [-0.05, 0) is 12.1 Å². The minimum absolute atomic E-state index is 0. The average Bonchev–Trinajstić information content (AvgIpc) is 2.07. The second-order valence-electron chi connectivity index (χ2n) is 1.29. The second kappa shape index (κ2) is 18.7. The summed E-state index contributed by atoms with van der Waals surface area (Å²) < 4.78 is 4.58. The summed E-state index contributed by atoms with van der Waals surface area (Å²) >= 11 is 0. The van der Waals surface area contributed by atoms with Crippen molar-refractivity contribution in [2.24, 2.45) is 0 Å². The zero-order valence-electron chi connectivity index (χ0n) is 8.85. The smallest absolute Gasteiger partial charge is 0.894 e. The molecule has 0 saturated carbocycles. The Morgan fingerprint density at radius 2 is 0.929 bits per heavy atom. The van der Waals surface area contributed by atoms with Crippen LogP contribution in [-0.4, -0.2) is 9.05 Å². The molecular weight excluding hydrogens is 248 g/mol. The third-order valence-electron chi connectivity index (χ3n) is 0.425. The Hall–Kier alpha value is 3.34. The molecule has 58 valence electrons. The molecule has 0 aliphatic heterocycles. The summed E-state index contributed by atoms with van der Waals surface area (Å²) in [5.41, 5.74) is 0. The first-order chi connectivity index (χ1) is 4.50. The molecule has 1 aromatic rings. The van der Waals surface area contributed by atoms with Crippen LogP contribution in [0.5, 0.6) is 0 Å². The summed E-state index contributed by atoms with van der Waals surface area (Å²) in [6.45, 7) is 0. The van der Waals surface area contributed by atoms with Crippen LogP contribution >= 0.6 is 0 Å². The van der Waals surface area contributed by atoms with E-state index in [2.05, 4.69) is 4.42 Å². The van der Waals surface area contributed by atoms with E-state index in [-0.39, 0.29) is 118 Å². The predicted octanol–water partition coefficient (Wildman–Crippen LogP) is -15.8. The van der Waals surface area contributed by atoms with Crippen molar-refractivity contribution < 1.29 is 142 Å². The van der Waals surface area contributed by atoms with Crippen LogP contribution in [0.2, 0.25) is 0 Å². The van der Waals surface area contributed by atoms with Gasteiger partial charge in [0.25, 0.3) is 0 Å². The molecule has 0 atom stereocenters. The van der Waals surface area contributed by atoms with E-state index in [1.807, 2.05) is 12.1 Å². The number of furan rings is 1. The van der Waals surface area contributed by atoms with Gasteiger partial charge in [0.1, 0.15) is 0 Å². The molecular formula is C4H4Na4O5Si. The van der Waals surface area contributed by atoms with E-state index in [4.69, 9.17) is 19.2 Å². The molecule has 0 aliphatic rings. The Kier molecular flexibility index (Phi) is 40.6. The van der Waals surface area contributed by atoms with Gasteiger partial charge in [-0.2, -0.15) is 0 Å². The number of hydrogen-bond donors (Lipinski definition) is 0. The van der Waals surface area contributed by atoms with Gasteiger partial charge in [0, 0.05) is 0 Å². The van der Waals surface area contributed by atoms with Gasteiger partial charge in [0.15, 0.2) is 0 Å². The minimum Gasteiger partial charge on any atom is -0.894 e. The van der Waals surface area contributed by atoms with E-state index < -0.39 is 9.05 Å². The molecule has 0 fully saturated rings. The Bertz CT molecular complexity index is 132. The normalized spacial score (nSPS) is 7.14. The van der Waals surface area contributed by atoms with Crippen LogP contribution in [0.15, 0.2) is 29.1 Å². The molecule has 5 nitrogen and oxygen atoms in total. The van der Waals surface area contributed by atoms with Gasteiger partial charge >= 0.3 is 118 Å².